The minimum atomic E-state index is 0.612. The molecule has 0 aliphatic rings. The zero-order valence-electron chi connectivity index (χ0n) is 9.62. The van der Waals surface area contributed by atoms with E-state index in [0.29, 0.717) is 6.61 Å². The van der Waals surface area contributed by atoms with E-state index in [4.69, 9.17) is 4.74 Å². The van der Waals surface area contributed by atoms with Crippen LogP contribution in [0.5, 0.6) is 0 Å². The summed E-state index contributed by atoms with van der Waals surface area (Å²) in [5.41, 5.74) is 2.23. The standard InChI is InChI=1S/C12H20N2O/c1-3-6-13-8-9-15-10-12-11(2)5-4-7-14-12/h4-5,7,13H,3,6,8-10H2,1-2H3. The van der Waals surface area contributed by atoms with E-state index in [9.17, 15) is 0 Å². The average Bonchev–Trinajstić information content (AvgIpc) is 2.25. The lowest BCUT2D eigenvalue weighted by molar-refractivity contribution is 0.120. The van der Waals surface area contributed by atoms with Crippen LogP contribution in [0.2, 0.25) is 0 Å². The molecule has 0 fully saturated rings. The molecule has 0 unspecified atom stereocenters. The van der Waals surface area contributed by atoms with Crippen molar-refractivity contribution >= 4 is 0 Å². The highest BCUT2D eigenvalue weighted by atomic mass is 16.5. The fraction of sp³-hybridized carbons (Fsp3) is 0.583. The van der Waals surface area contributed by atoms with Crippen molar-refractivity contribution in [1.82, 2.24) is 10.3 Å². The van der Waals surface area contributed by atoms with Crippen molar-refractivity contribution in [2.45, 2.75) is 26.9 Å². The molecule has 1 aromatic rings. The maximum absolute atomic E-state index is 5.52. The number of ether oxygens (including phenoxy) is 1. The molecule has 0 saturated heterocycles. The summed E-state index contributed by atoms with van der Waals surface area (Å²) in [4.78, 5) is 4.27. The van der Waals surface area contributed by atoms with Gasteiger partial charge in [0.25, 0.3) is 0 Å². The van der Waals surface area contributed by atoms with Gasteiger partial charge in [0.1, 0.15) is 0 Å². The van der Waals surface area contributed by atoms with Crippen LogP contribution < -0.4 is 5.32 Å². The fourth-order valence-corrected chi connectivity index (χ4v) is 1.28. The fourth-order valence-electron chi connectivity index (χ4n) is 1.28. The molecule has 0 amide bonds. The molecule has 0 aromatic carbocycles. The molecule has 0 aliphatic heterocycles. The molecule has 0 spiro atoms. The number of nitrogens with one attached hydrogen (secondary N) is 1. The molecule has 0 saturated carbocycles. The van der Waals surface area contributed by atoms with Gasteiger partial charge in [0, 0.05) is 12.7 Å². The molecule has 1 heterocycles. The largest absolute Gasteiger partial charge is 0.374 e. The van der Waals surface area contributed by atoms with Gasteiger partial charge in [-0.25, -0.2) is 0 Å². The lowest BCUT2D eigenvalue weighted by atomic mass is 10.2. The summed E-state index contributed by atoms with van der Waals surface area (Å²) < 4.78 is 5.52. The van der Waals surface area contributed by atoms with E-state index in [1.54, 1.807) is 6.20 Å². The Morgan fingerprint density at radius 1 is 1.40 bits per heavy atom. The van der Waals surface area contributed by atoms with Crippen LogP contribution in [0.4, 0.5) is 0 Å². The number of hydrogen-bond acceptors (Lipinski definition) is 3. The van der Waals surface area contributed by atoms with Crippen molar-refractivity contribution in [1.29, 1.82) is 0 Å². The van der Waals surface area contributed by atoms with Gasteiger partial charge in [-0.15, -0.1) is 0 Å². The van der Waals surface area contributed by atoms with Gasteiger partial charge in [-0.1, -0.05) is 13.0 Å². The Balaban J connectivity index is 2.12. The topological polar surface area (TPSA) is 34.1 Å². The van der Waals surface area contributed by atoms with Crippen molar-refractivity contribution in [3.63, 3.8) is 0 Å². The smallest absolute Gasteiger partial charge is 0.0891 e. The Labute approximate surface area is 91.9 Å². The van der Waals surface area contributed by atoms with Crippen molar-refractivity contribution < 1.29 is 4.74 Å². The first kappa shape index (κ1) is 12.1. The second-order valence-electron chi connectivity index (χ2n) is 3.57. The maximum Gasteiger partial charge on any atom is 0.0891 e. The van der Waals surface area contributed by atoms with Crippen LogP contribution in [0, 0.1) is 6.92 Å². The van der Waals surface area contributed by atoms with Crippen LogP contribution in [0.25, 0.3) is 0 Å². The van der Waals surface area contributed by atoms with Crippen molar-refractivity contribution in [2.75, 3.05) is 19.7 Å². The highest BCUT2D eigenvalue weighted by Crippen LogP contribution is 2.03. The molecule has 0 aliphatic carbocycles. The van der Waals surface area contributed by atoms with Crippen molar-refractivity contribution in [3.05, 3.63) is 29.6 Å². The molecule has 1 rings (SSSR count). The third-order valence-corrected chi connectivity index (χ3v) is 2.21. The molecular formula is C12H20N2O. The molecule has 0 atom stereocenters. The number of hydrogen-bond donors (Lipinski definition) is 1. The molecule has 3 nitrogen and oxygen atoms in total. The molecule has 84 valence electrons. The summed E-state index contributed by atoms with van der Waals surface area (Å²) in [6.07, 6.45) is 2.97. The maximum atomic E-state index is 5.52. The van der Waals surface area contributed by atoms with Crippen LogP contribution in [0.3, 0.4) is 0 Å². The summed E-state index contributed by atoms with van der Waals surface area (Å²) in [5, 5.41) is 3.29. The summed E-state index contributed by atoms with van der Waals surface area (Å²) in [7, 11) is 0. The molecule has 1 N–H and O–H groups in total. The van der Waals surface area contributed by atoms with E-state index >= 15 is 0 Å². The molecular weight excluding hydrogens is 188 g/mol. The molecule has 15 heavy (non-hydrogen) atoms. The van der Waals surface area contributed by atoms with Gasteiger partial charge in [0.15, 0.2) is 0 Å². The first-order chi connectivity index (χ1) is 7.34. The van der Waals surface area contributed by atoms with Gasteiger partial charge in [-0.3, -0.25) is 4.98 Å². The Bertz CT molecular complexity index is 276. The van der Waals surface area contributed by atoms with Gasteiger partial charge in [-0.05, 0) is 31.5 Å². The van der Waals surface area contributed by atoms with E-state index in [-0.39, 0.29) is 0 Å². The molecule has 0 radical (unpaired) electrons. The normalized spacial score (nSPS) is 10.5. The van der Waals surface area contributed by atoms with Crippen LogP contribution in [-0.4, -0.2) is 24.7 Å². The second kappa shape index (κ2) is 7.37. The highest BCUT2D eigenvalue weighted by molar-refractivity contribution is 5.16. The van der Waals surface area contributed by atoms with Crippen LogP contribution in [0.15, 0.2) is 18.3 Å². The number of aryl methyl sites for hydroxylation is 1. The Hall–Kier alpha value is -0.930. The molecule has 3 heteroatoms. The third kappa shape index (κ3) is 4.91. The summed E-state index contributed by atoms with van der Waals surface area (Å²) in [6.45, 7) is 7.55. The quantitative estimate of drug-likeness (QED) is 0.695. The van der Waals surface area contributed by atoms with E-state index in [1.165, 1.54) is 12.0 Å². The minimum absolute atomic E-state index is 0.612. The van der Waals surface area contributed by atoms with Crippen LogP contribution in [0.1, 0.15) is 24.6 Å². The predicted molar refractivity (Wildman–Crippen MR) is 61.8 cm³/mol. The Morgan fingerprint density at radius 2 is 2.27 bits per heavy atom. The van der Waals surface area contributed by atoms with Gasteiger partial charge in [0.05, 0.1) is 18.9 Å². The van der Waals surface area contributed by atoms with E-state index in [1.807, 2.05) is 6.07 Å². The first-order valence-corrected chi connectivity index (χ1v) is 5.53. The average molecular weight is 208 g/mol. The van der Waals surface area contributed by atoms with Crippen molar-refractivity contribution in [3.8, 4) is 0 Å². The Kier molecular flexibility index (Phi) is 5.97. The lowest BCUT2D eigenvalue weighted by Gasteiger charge is -2.06. The van der Waals surface area contributed by atoms with Crippen LogP contribution in [-0.2, 0) is 11.3 Å². The number of pyridine rings is 1. The Morgan fingerprint density at radius 3 is 3.00 bits per heavy atom. The van der Waals surface area contributed by atoms with Gasteiger partial charge in [-0.2, -0.15) is 0 Å². The summed E-state index contributed by atoms with van der Waals surface area (Å²) >= 11 is 0. The van der Waals surface area contributed by atoms with Gasteiger partial charge < -0.3 is 10.1 Å². The number of aromatic nitrogens is 1. The zero-order chi connectivity index (χ0) is 10.9. The van der Waals surface area contributed by atoms with E-state index in [2.05, 4.69) is 30.2 Å². The minimum Gasteiger partial charge on any atom is -0.374 e. The molecule has 0 bridgehead atoms. The van der Waals surface area contributed by atoms with E-state index < -0.39 is 0 Å². The SMILES string of the molecule is CCCNCCOCc1ncccc1C. The third-order valence-electron chi connectivity index (χ3n) is 2.21. The van der Waals surface area contributed by atoms with Gasteiger partial charge in [0.2, 0.25) is 0 Å². The second-order valence-corrected chi connectivity index (χ2v) is 3.57. The molecule has 1 aromatic heterocycles. The summed E-state index contributed by atoms with van der Waals surface area (Å²) in [5.74, 6) is 0. The number of nitrogens with zero attached hydrogens (tertiary/aromatic N) is 1. The summed E-state index contributed by atoms with van der Waals surface area (Å²) in [6, 6.07) is 4.00. The van der Waals surface area contributed by atoms with Crippen molar-refractivity contribution in [2.24, 2.45) is 0 Å². The monoisotopic (exact) mass is 208 g/mol. The van der Waals surface area contributed by atoms with E-state index in [0.717, 1.165) is 25.4 Å². The number of rotatable bonds is 7. The predicted octanol–water partition coefficient (Wildman–Crippen LogP) is 1.91. The first-order valence-electron chi connectivity index (χ1n) is 5.53. The van der Waals surface area contributed by atoms with Gasteiger partial charge >= 0.3 is 0 Å². The zero-order valence-corrected chi connectivity index (χ0v) is 9.62. The van der Waals surface area contributed by atoms with Crippen LogP contribution >= 0.6 is 0 Å². The highest BCUT2D eigenvalue weighted by Gasteiger charge is 1.97. The lowest BCUT2D eigenvalue weighted by Crippen LogP contribution is -2.20.